The molecule has 1 aromatic carbocycles. The average molecular weight is 327 g/mol. The van der Waals surface area contributed by atoms with Crippen molar-refractivity contribution in [2.24, 2.45) is 0 Å². The van der Waals surface area contributed by atoms with Crippen LogP contribution in [0.25, 0.3) is 0 Å². The molecule has 0 amide bonds. The number of aromatic amines is 1. The van der Waals surface area contributed by atoms with Crippen molar-refractivity contribution in [2.45, 2.75) is 25.3 Å². The third kappa shape index (κ3) is 2.92. The van der Waals surface area contributed by atoms with Gasteiger partial charge >= 0.3 is 0 Å². The van der Waals surface area contributed by atoms with Crippen molar-refractivity contribution in [2.75, 3.05) is 5.32 Å². The van der Waals surface area contributed by atoms with E-state index in [4.69, 9.17) is 23.2 Å². The van der Waals surface area contributed by atoms with E-state index >= 15 is 0 Å². The first kappa shape index (κ1) is 14.4. The highest BCUT2D eigenvalue weighted by atomic mass is 35.5. The van der Waals surface area contributed by atoms with Crippen LogP contribution < -0.4 is 10.9 Å². The van der Waals surface area contributed by atoms with Crippen LogP contribution in [0.3, 0.4) is 0 Å². The Morgan fingerprint density at radius 1 is 1.24 bits per heavy atom. The zero-order chi connectivity index (χ0) is 15.0. The molecule has 0 spiro atoms. The van der Waals surface area contributed by atoms with Gasteiger partial charge in [0.25, 0.3) is 0 Å². The van der Waals surface area contributed by atoms with E-state index in [-0.39, 0.29) is 21.6 Å². The van der Waals surface area contributed by atoms with Gasteiger partial charge in [-0.1, -0.05) is 23.2 Å². The minimum Gasteiger partial charge on any atom is -0.378 e. The molecule has 21 heavy (non-hydrogen) atoms. The van der Waals surface area contributed by atoms with Crippen molar-refractivity contribution in [3.63, 3.8) is 0 Å². The standard InChI is InChI=1S/C15H13Cl2FN2O/c16-10-6-8(7-11(17)15(10)18)19-12-2-1-3-13-9(12)4-5-14(21)20-13/h4-7,12,19H,1-3H2,(H,20,21). The molecule has 2 N–H and O–H groups in total. The van der Waals surface area contributed by atoms with Crippen LogP contribution in [0.4, 0.5) is 10.1 Å². The zero-order valence-corrected chi connectivity index (χ0v) is 12.6. The number of hydrogen-bond acceptors (Lipinski definition) is 2. The van der Waals surface area contributed by atoms with Crippen LogP contribution in [0.1, 0.15) is 30.1 Å². The minimum absolute atomic E-state index is 0.0116. The normalized spacial score (nSPS) is 17.4. The number of halogens is 3. The topological polar surface area (TPSA) is 44.9 Å². The third-order valence-corrected chi connectivity index (χ3v) is 4.21. The number of fused-ring (bicyclic) bond motifs is 1. The van der Waals surface area contributed by atoms with Crippen LogP contribution in [0, 0.1) is 5.82 Å². The molecule has 0 fully saturated rings. The second kappa shape index (κ2) is 5.70. The molecule has 1 aliphatic rings. The summed E-state index contributed by atoms with van der Waals surface area (Å²) in [6, 6.07) is 6.43. The summed E-state index contributed by atoms with van der Waals surface area (Å²) in [6.07, 6.45) is 2.74. The van der Waals surface area contributed by atoms with Gasteiger partial charge in [-0.15, -0.1) is 0 Å². The fourth-order valence-electron chi connectivity index (χ4n) is 2.69. The van der Waals surface area contributed by atoms with Gasteiger partial charge in [0.15, 0.2) is 5.82 Å². The lowest BCUT2D eigenvalue weighted by Crippen LogP contribution is -2.21. The Morgan fingerprint density at radius 2 is 1.95 bits per heavy atom. The van der Waals surface area contributed by atoms with E-state index in [1.807, 2.05) is 6.07 Å². The molecule has 6 heteroatoms. The molecule has 3 nitrogen and oxygen atoms in total. The summed E-state index contributed by atoms with van der Waals surface area (Å²) >= 11 is 11.6. The third-order valence-electron chi connectivity index (χ3n) is 3.66. The fourth-order valence-corrected chi connectivity index (χ4v) is 3.18. The SMILES string of the molecule is O=c1ccc2c([nH]1)CCCC2Nc1cc(Cl)c(F)c(Cl)c1. The number of nitrogens with one attached hydrogen (secondary N) is 2. The zero-order valence-electron chi connectivity index (χ0n) is 11.1. The van der Waals surface area contributed by atoms with Crippen molar-refractivity contribution in [1.82, 2.24) is 4.98 Å². The number of H-pyrrole nitrogens is 1. The molecule has 1 heterocycles. The minimum atomic E-state index is -0.614. The van der Waals surface area contributed by atoms with Crippen LogP contribution >= 0.6 is 23.2 Å². The largest absolute Gasteiger partial charge is 0.378 e. The first-order valence-corrected chi connectivity index (χ1v) is 7.43. The Morgan fingerprint density at radius 3 is 2.67 bits per heavy atom. The molecular weight excluding hydrogens is 314 g/mol. The number of aryl methyl sites for hydroxylation is 1. The second-order valence-electron chi connectivity index (χ2n) is 5.10. The number of benzene rings is 1. The Balaban J connectivity index is 1.92. The lowest BCUT2D eigenvalue weighted by Gasteiger charge is -2.27. The van der Waals surface area contributed by atoms with Crippen molar-refractivity contribution in [3.8, 4) is 0 Å². The molecule has 0 saturated carbocycles. The van der Waals surface area contributed by atoms with E-state index in [0.29, 0.717) is 5.69 Å². The van der Waals surface area contributed by atoms with Gasteiger partial charge in [0, 0.05) is 17.4 Å². The van der Waals surface area contributed by atoms with Crippen molar-refractivity contribution >= 4 is 28.9 Å². The van der Waals surface area contributed by atoms with E-state index in [0.717, 1.165) is 30.5 Å². The molecule has 1 aromatic heterocycles. The van der Waals surface area contributed by atoms with Gasteiger partial charge in [-0.2, -0.15) is 0 Å². The van der Waals surface area contributed by atoms with E-state index in [1.165, 1.54) is 18.2 Å². The molecule has 0 radical (unpaired) electrons. The van der Waals surface area contributed by atoms with Crippen LogP contribution in [0.2, 0.25) is 10.0 Å². The molecule has 110 valence electrons. The summed E-state index contributed by atoms with van der Waals surface area (Å²) in [7, 11) is 0. The maximum absolute atomic E-state index is 13.4. The van der Waals surface area contributed by atoms with E-state index in [2.05, 4.69) is 10.3 Å². The average Bonchev–Trinajstić information content (AvgIpc) is 2.44. The van der Waals surface area contributed by atoms with Gasteiger partial charge in [0.1, 0.15) is 0 Å². The molecule has 0 aliphatic heterocycles. The lowest BCUT2D eigenvalue weighted by atomic mass is 9.91. The summed E-state index contributed by atoms with van der Waals surface area (Å²) < 4.78 is 13.4. The smallest absolute Gasteiger partial charge is 0.248 e. The fraction of sp³-hybridized carbons (Fsp3) is 0.267. The molecule has 2 aromatic rings. The lowest BCUT2D eigenvalue weighted by molar-refractivity contribution is 0.586. The van der Waals surface area contributed by atoms with Crippen molar-refractivity contribution in [3.05, 3.63) is 61.7 Å². The quantitative estimate of drug-likeness (QED) is 0.807. The maximum atomic E-state index is 13.4. The summed E-state index contributed by atoms with van der Waals surface area (Å²) in [4.78, 5) is 14.2. The number of hydrogen-bond donors (Lipinski definition) is 2. The predicted molar refractivity (Wildman–Crippen MR) is 82.8 cm³/mol. The molecule has 1 aliphatic carbocycles. The van der Waals surface area contributed by atoms with Crippen LogP contribution in [0.15, 0.2) is 29.1 Å². The molecule has 3 rings (SSSR count). The summed E-state index contributed by atoms with van der Waals surface area (Å²) in [6.45, 7) is 0. The highest BCUT2D eigenvalue weighted by molar-refractivity contribution is 6.35. The Kier molecular flexibility index (Phi) is 3.91. The number of aromatic nitrogens is 1. The van der Waals surface area contributed by atoms with Gasteiger partial charge < -0.3 is 10.3 Å². The Labute approximate surface area is 131 Å². The monoisotopic (exact) mass is 326 g/mol. The highest BCUT2D eigenvalue weighted by Crippen LogP contribution is 2.33. The van der Waals surface area contributed by atoms with Gasteiger partial charge in [-0.3, -0.25) is 4.79 Å². The van der Waals surface area contributed by atoms with Crippen molar-refractivity contribution < 1.29 is 4.39 Å². The number of rotatable bonds is 2. The van der Waals surface area contributed by atoms with Gasteiger partial charge in [-0.25, -0.2) is 4.39 Å². The predicted octanol–water partition coefficient (Wildman–Crippen LogP) is 4.31. The number of pyridine rings is 1. The van der Waals surface area contributed by atoms with Gasteiger partial charge in [-0.05, 0) is 43.0 Å². The van der Waals surface area contributed by atoms with E-state index in [1.54, 1.807) is 0 Å². The maximum Gasteiger partial charge on any atom is 0.248 e. The van der Waals surface area contributed by atoms with Crippen molar-refractivity contribution in [1.29, 1.82) is 0 Å². The molecule has 1 atom stereocenters. The van der Waals surface area contributed by atoms with Gasteiger partial charge in [0.05, 0.1) is 16.1 Å². The molecule has 1 unspecified atom stereocenters. The summed E-state index contributed by atoms with van der Waals surface area (Å²) in [5, 5.41) is 3.28. The summed E-state index contributed by atoms with van der Waals surface area (Å²) in [5.41, 5.74) is 2.57. The Hall–Kier alpha value is -1.52. The van der Waals surface area contributed by atoms with E-state index in [9.17, 15) is 9.18 Å². The first-order valence-electron chi connectivity index (χ1n) is 6.68. The molecular formula is C15H13Cl2FN2O. The summed E-state index contributed by atoms with van der Waals surface area (Å²) in [5.74, 6) is -0.614. The molecule has 0 saturated heterocycles. The number of anilines is 1. The van der Waals surface area contributed by atoms with Gasteiger partial charge in [0.2, 0.25) is 5.56 Å². The van der Waals surface area contributed by atoms with Crippen LogP contribution in [0.5, 0.6) is 0 Å². The Bertz CT molecular complexity index is 722. The van der Waals surface area contributed by atoms with E-state index < -0.39 is 5.82 Å². The molecule has 0 bridgehead atoms. The first-order chi connectivity index (χ1) is 10.0. The highest BCUT2D eigenvalue weighted by Gasteiger charge is 2.21. The van der Waals surface area contributed by atoms with Crippen LogP contribution in [-0.4, -0.2) is 4.98 Å². The van der Waals surface area contributed by atoms with Crippen LogP contribution in [-0.2, 0) is 6.42 Å². The second-order valence-corrected chi connectivity index (χ2v) is 5.91.